The maximum Gasteiger partial charge on any atom is 0.132 e. The number of hydrogen-bond donors (Lipinski definition) is 0. The molecule has 66 heavy (non-hydrogen) atoms. The molecule has 10 aromatic carbocycles. The molecule has 15 rings (SSSR count). The summed E-state index contributed by atoms with van der Waals surface area (Å²) in [7, 11) is 0. The van der Waals surface area contributed by atoms with Gasteiger partial charge < -0.3 is 9.64 Å². The largest absolute Gasteiger partial charge is 0.457 e. The Kier molecular flexibility index (Phi) is 7.48. The van der Waals surface area contributed by atoms with Gasteiger partial charge in [-0.3, -0.25) is 0 Å². The summed E-state index contributed by atoms with van der Waals surface area (Å²) in [6.07, 6.45) is 0. The van der Waals surface area contributed by atoms with Gasteiger partial charge in [-0.25, -0.2) is 0 Å². The number of thiophene rings is 1. The van der Waals surface area contributed by atoms with Crippen molar-refractivity contribution < 1.29 is 4.74 Å². The van der Waals surface area contributed by atoms with Gasteiger partial charge in [-0.15, -0.1) is 11.3 Å². The Balaban J connectivity index is 1.01. The van der Waals surface area contributed by atoms with Gasteiger partial charge in [-0.1, -0.05) is 176 Å². The molecule has 0 fully saturated rings. The van der Waals surface area contributed by atoms with E-state index in [2.05, 4.69) is 229 Å². The van der Waals surface area contributed by atoms with Gasteiger partial charge in [0.1, 0.15) is 11.5 Å². The molecule has 2 aliphatic heterocycles. The van der Waals surface area contributed by atoms with E-state index in [0.29, 0.717) is 0 Å². The predicted octanol–water partition coefficient (Wildman–Crippen LogP) is 16.8. The predicted molar refractivity (Wildman–Crippen MR) is 273 cm³/mol. The zero-order chi connectivity index (χ0) is 43.1. The number of rotatable bonds is 3. The summed E-state index contributed by atoms with van der Waals surface area (Å²) in [6.45, 7) is 0. The molecule has 11 aromatic rings. The Morgan fingerprint density at radius 1 is 0.348 bits per heavy atom. The van der Waals surface area contributed by atoms with E-state index in [0.717, 1.165) is 22.9 Å². The smallest absolute Gasteiger partial charge is 0.132 e. The summed E-state index contributed by atoms with van der Waals surface area (Å²) >= 11 is 3.77. The van der Waals surface area contributed by atoms with E-state index >= 15 is 0 Å². The van der Waals surface area contributed by atoms with Crippen LogP contribution in [0.2, 0.25) is 0 Å². The summed E-state index contributed by atoms with van der Waals surface area (Å²) in [5, 5.41) is 2.57. The molecule has 0 N–H and O–H groups in total. The van der Waals surface area contributed by atoms with E-state index in [1.807, 2.05) is 23.1 Å². The maximum absolute atomic E-state index is 6.67. The van der Waals surface area contributed by atoms with Gasteiger partial charge in [-0.2, -0.15) is 0 Å². The van der Waals surface area contributed by atoms with Gasteiger partial charge in [0.05, 0.1) is 21.2 Å². The Morgan fingerprint density at radius 3 is 1.41 bits per heavy atom. The summed E-state index contributed by atoms with van der Waals surface area (Å²) < 4.78 is 9.23. The fourth-order valence-corrected chi connectivity index (χ4v) is 14.7. The van der Waals surface area contributed by atoms with Crippen molar-refractivity contribution in [3.05, 3.63) is 269 Å². The number of nitrogens with zero attached hydrogens (tertiary/aromatic N) is 1. The minimum Gasteiger partial charge on any atom is -0.457 e. The molecule has 0 radical (unpaired) electrons. The first-order valence-corrected chi connectivity index (χ1v) is 24.3. The molecule has 1 aromatic heterocycles. The Hall–Kier alpha value is -7.63. The number of ether oxygens (including phenoxy) is 1. The van der Waals surface area contributed by atoms with Crippen LogP contribution >= 0.6 is 23.1 Å². The molecule has 2 nitrogen and oxygen atoms in total. The van der Waals surface area contributed by atoms with Gasteiger partial charge in [0, 0.05) is 47.8 Å². The summed E-state index contributed by atoms with van der Waals surface area (Å²) in [4.78, 5) is 5.16. The van der Waals surface area contributed by atoms with Crippen LogP contribution in [0.4, 0.5) is 17.1 Å². The van der Waals surface area contributed by atoms with Crippen molar-refractivity contribution in [2.75, 3.05) is 4.90 Å². The number of hydrogen-bond acceptors (Lipinski definition) is 4. The minimum atomic E-state index is -0.539. The molecule has 0 saturated heterocycles. The Morgan fingerprint density at radius 2 is 0.803 bits per heavy atom. The SMILES string of the molecule is c1ccc2c(c1)Oc1ccccc1C21c2ccccc2-c2cc(N(c3ccc4c(c3)-c3ccccc3C43c4ccccc4Sc4ccccc43)c3cccc4c3sc3ccccc34)ccc21. The first-order chi connectivity index (χ1) is 32.7. The van der Waals surface area contributed by atoms with E-state index in [1.54, 1.807) is 0 Å². The third kappa shape index (κ3) is 4.62. The highest BCUT2D eigenvalue weighted by Gasteiger charge is 2.52. The molecule has 3 heterocycles. The monoisotopic (exact) mass is 875 g/mol. The lowest BCUT2D eigenvalue weighted by Crippen LogP contribution is -2.32. The molecule has 4 heteroatoms. The summed E-state index contributed by atoms with van der Waals surface area (Å²) in [5.74, 6) is 1.80. The first-order valence-electron chi connectivity index (χ1n) is 22.7. The van der Waals surface area contributed by atoms with Crippen LogP contribution in [-0.4, -0.2) is 0 Å². The maximum atomic E-state index is 6.67. The van der Waals surface area contributed by atoms with Crippen molar-refractivity contribution in [1.29, 1.82) is 0 Å². The average Bonchev–Trinajstić information content (AvgIpc) is 4.00. The lowest BCUT2D eigenvalue weighted by atomic mass is 9.66. The van der Waals surface area contributed by atoms with Gasteiger partial charge in [-0.05, 0) is 116 Å². The van der Waals surface area contributed by atoms with E-state index < -0.39 is 10.8 Å². The highest BCUT2D eigenvalue weighted by molar-refractivity contribution is 7.99. The fourth-order valence-electron chi connectivity index (χ4n) is 12.3. The van der Waals surface area contributed by atoms with Crippen LogP contribution in [0.5, 0.6) is 11.5 Å². The van der Waals surface area contributed by atoms with Crippen LogP contribution in [0, 0.1) is 0 Å². The van der Waals surface area contributed by atoms with Crippen LogP contribution in [0.1, 0.15) is 44.5 Å². The van der Waals surface area contributed by atoms with Crippen molar-refractivity contribution in [2.45, 2.75) is 20.6 Å². The van der Waals surface area contributed by atoms with E-state index in [1.165, 1.54) is 102 Å². The van der Waals surface area contributed by atoms with Crippen molar-refractivity contribution >= 4 is 60.3 Å². The van der Waals surface area contributed by atoms with Crippen LogP contribution in [0.25, 0.3) is 42.4 Å². The van der Waals surface area contributed by atoms with Crippen molar-refractivity contribution in [3.8, 4) is 33.8 Å². The van der Waals surface area contributed by atoms with Crippen LogP contribution < -0.4 is 9.64 Å². The topological polar surface area (TPSA) is 12.5 Å². The number of benzene rings is 10. The quantitative estimate of drug-likeness (QED) is 0.175. The molecule has 4 aliphatic rings. The van der Waals surface area contributed by atoms with Gasteiger partial charge in [0.2, 0.25) is 0 Å². The standard InChI is InChI=1S/C62H37NOS2/c1-4-20-46-40(16-1)44-36-38(32-34-48(44)61(46)50-22-6-10-27-55(50)64-56-28-11-7-23-51(56)61)63(54-26-15-19-43-42-18-3-12-29-57(42)66-60(43)54)39-33-35-49-45(37-39)41-17-2-5-21-47(41)62(49)52-24-8-13-30-58(52)65-59-31-14-9-25-53(59)62/h1-37H. The third-order valence-electron chi connectivity index (χ3n) is 14.8. The second-order valence-corrected chi connectivity index (χ2v) is 20.0. The van der Waals surface area contributed by atoms with Crippen LogP contribution in [-0.2, 0) is 10.8 Å². The van der Waals surface area contributed by atoms with Gasteiger partial charge >= 0.3 is 0 Å². The van der Waals surface area contributed by atoms with Crippen LogP contribution in [0.3, 0.4) is 0 Å². The average molecular weight is 876 g/mol. The lowest BCUT2D eigenvalue weighted by molar-refractivity contribution is 0.436. The molecule has 308 valence electrons. The molecule has 0 bridgehead atoms. The molecular weight excluding hydrogens is 839 g/mol. The van der Waals surface area contributed by atoms with Crippen molar-refractivity contribution in [2.24, 2.45) is 0 Å². The van der Waals surface area contributed by atoms with E-state index in [9.17, 15) is 0 Å². The number of anilines is 3. The zero-order valence-corrected chi connectivity index (χ0v) is 37.2. The summed E-state index contributed by atoms with van der Waals surface area (Å²) in [5.41, 5.74) is 17.7. The Bertz CT molecular complexity index is 3590. The van der Waals surface area contributed by atoms with Gasteiger partial charge in [0.15, 0.2) is 0 Å². The molecule has 0 atom stereocenters. The molecule has 0 unspecified atom stereocenters. The first kappa shape index (κ1) is 36.7. The highest BCUT2D eigenvalue weighted by atomic mass is 32.2. The number of fused-ring (bicyclic) bond motifs is 21. The van der Waals surface area contributed by atoms with Gasteiger partial charge in [0.25, 0.3) is 0 Å². The normalized spacial score (nSPS) is 14.7. The van der Waals surface area contributed by atoms with E-state index in [4.69, 9.17) is 4.74 Å². The fraction of sp³-hybridized carbons (Fsp3) is 0.0323. The minimum absolute atomic E-state index is 0.443. The van der Waals surface area contributed by atoms with Crippen molar-refractivity contribution in [1.82, 2.24) is 0 Å². The Labute approximate surface area is 391 Å². The number of para-hydroxylation sites is 2. The molecular formula is C62H37NOS2. The van der Waals surface area contributed by atoms with E-state index in [-0.39, 0.29) is 0 Å². The second-order valence-electron chi connectivity index (χ2n) is 17.8. The summed E-state index contributed by atoms with van der Waals surface area (Å²) in [6, 6.07) is 83.7. The third-order valence-corrected chi connectivity index (χ3v) is 17.2. The molecule has 0 amide bonds. The highest BCUT2D eigenvalue weighted by Crippen LogP contribution is 2.65. The lowest BCUT2D eigenvalue weighted by Gasteiger charge is -2.39. The molecule has 0 saturated carbocycles. The van der Waals surface area contributed by atoms with Crippen molar-refractivity contribution in [3.63, 3.8) is 0 Å². The van der Waals surface area contributed by atoms with Crippen LogP contribution in [0.15, 0.2) is 234 Å². The molecule has 2 aliphatic carbocycles. The molecule has 2 spiro atoms. The second kappa shape index (κ2) is 13.5. The zero-order valence-electron chi connectivity index (χ0n) is 35.5.